The first-order valence-corrected chi connectivity index (χ1v) is 11.8. The number of amides is 1. The molecule has 6 nitrogen and oxygen atoms in total. The highest BCUT2D eigenvalue weighted by atomic mass is 19.1. The summed E-state index contributed by atoms with van der Waals surface area (Å²) in [6.45, 7) is 3.93. The third-order valence-electron chi connectivity index (χ3n) is 6.32. The first kappa shape index (κ1) is 25.1. The molecule has 0 aromatic heterocycles. The molecule has 0 spiro atoms. The maximum absolute atomic E-state index is 13.7. The number of rotatable bonds is 12. The van der Waals surface area contributed by atoms with Crippen molar-refractivity contribution in [3.8, 4) is 5.75 Å². The predicted octanol–water partition coefficient (Wildman–Crippen LogP) is 3.06. The summed E-state index contributed by atoms with van der Waals surface area (Å²) < 4.78 is 18.8. The van der Waals surface area contributed by atoms with E-state index in [1.165, 1.54) is 18.7 Å². The van der Waals surface area contributed by atoms with Crippen molar-refractivity contribution in [2.24, 2.45) is 0 Å². The second kappa shape index (κ2) is 12.7. The Labute approximate surface area is 195 Å². The lowest BCUT2D eigenvalue weighted by atomic mass is 9.95. The number of halogens is 1. The number of carbonyl (C=O) groups is 1. The quantitative estimate of drug-likeness (QED) is 0.368. The molecule has 180 valence electrons. The number of methoxy groups -OCH3 is 1. The molecular weight excluding hydrogens is 421 g/mol. The Hall–Kier alpha value is -2.48. The zero-order valence-corrected chi connectivity index (χ0v) is 19.6. The van der Waals surface area contributed by atoms with Gasteiger partial charge in [0.05, 0.1) is 20.1 Å². The van der Waals surface area contributed by atoms with Crippen LogP contribution in [0.25, 0.3) is 0 Å². The fourth-order valence-corrected chi connectivity index (χ4v) is 4.48. The smallest absolute Gasteiger partial charge is 0.224 e. The molecule has 0 unspecified atom stereocenters. The van der Waals surface area contributed by atoms with Crippen molar-refractivity contribution in [3.05, 3.63) is 65.0 Å². The molecule has 2 aromatic rings. The van der Waals surface area contributed by atoms with Crippen LogP contribution >= 0.6 is 0 Å². The second-order valence-electron chi connectivity index (χ2n) is 8.73. The second-order valence-corrected chi connectivity index (χ2v) is 8.73. The largest absolute Gasteiger partial charge is 0.494 e. The van der Waals surface area contributed by atoms with Crippen molar-refractivity contribution in [1.82, 2.24) is 16.0 Å². The fourth-order valence-electron chi connectivity index (χ4n) is 4.48. The van der Waals surface area contributed by atoms with Crippen LogP contribution in [0.5, 0.6) is 5.75 Å². The van der Waals surface area contributed by atoms with Crippen LogP contribution in [0, 0.1) is 5.82 Å². The maximum Gasteiger partial charge on any atom is 0.224 e. The highest BCUT2D eigenvalue weighted by Crippen LogP contribution is 2.36. The molecule has 1 aliphatic carbocycles. The van der Waals surface area contributed by atoms with Crippen LogP contribution in [0.15, 0.2) is 42.5 Å². The molecule has 0 heterocycles. The van der Waals surface area contributed by atoms with E-state index in [0.29, 0.717) is 38.0 Å². The lowest BCUT2D eigenvalue weighted by Crippen LogP contribution is -2.33. The molecule has 3 rings (SSSR count). The van der Waals surface area contributed by atoms with Gasteiger partial charge in [0.15, 0.2) is 11.6 Å². The van der Waals surface area contributed by atoms with E-state index in [1.54, 1.807) is 6.07 Å². The van der Waals surface area contributed by atoms with E-state index in [-0.39, 0.29) is 30.1 Å². The molecule has 1 saturated carbocycles. The number of hydrogen-bond acceptors (Lipinski definition) is 5. The van der Waals surface area contributed by atoms with E-state index >= 15 is 0 Å². The molecule has 7 heteroatoms. The lowest BCUT2D eigenvalue weighted by molar-refractivity contribution is -0.120. The Balaban J connectivity index is 1.45. The van der Waals surface area contributed by atoms with E-state index in [0.717, 1.165) is 30.4 Å². The van der Waals surface area contributed by atoms with Gasteiger partial charge < -0.3 is 25.8 Å². The van der Waals surface area contributed by atoms with Gasteiger partial charge in [-0.25, -0.2) is 4.39 Å². The Morgan fingerprint density at radius 1 is 1.15 bits per heavy atom. The van der Waals surface area contributed by atoms with Crippen LogP contribution in [0.3, 0.4) is 0 Å². The Morgan fingerprint density at radius 3 is 2.67 bits per heavy atom. The van der Waals surface area contributed by atoms with Crippen LogP contribution in [-0.4, -0.2) is 50.4 Å². The molecule has 4 N–H and O–H groups in total. The molecule has 0 bridgehead atoms. The van der Waals surface area contributed by atoms with Gasteiger partial charge in [-0.1, -0.05) is 30.3 Å². The van der Waals surface area contributed by atoms with E-state index in [9.17, 15) is 9.18 Å². The highest BCUT2D eigenvalue weighted by molar-refractivity contribution is 5.78. The summed E-state index contributed by atoms with van der Waals surface area (Å²) in [4.78, 5) is 12.1. The fraction of sp³-hybridized carbons (Fsp3) is 0.500. The Morgan fingerprint density at radius 2 is 1.94 bits per heavy atom. The minimum absolute atomic E-state index is 0.00471. The van der Waals surface area contributed by atoms with Crippen molar-refractivity contribution in [3.63, 3.8) is 0 Å². The van der Waals surface area contributed by atoms with Crippen LogP contribution in [0.2, 0.25) is 0 Å². The minimum atomic E-state index is -0.342. The Bertz CT molecular complexity index is 891. The number of aliphatic hydroxyl groups is 1. The normalized spacial score (nSPS) is 18.8. The lowest BCUT2D eigenvalue weighted by Gasteiger charge is -2.21. The van der Waals surface area contributed by atoms with Crippen molar-refractivity contribution < 1.29 is 19.0 Å². The van der Waals surface area contributed by atoms with Crippen molar-refractivity contribution >= 4 is 5.91 Å². The highest BCUT2D eigenvalue weighted by Gasteiger charge is 2.27. The third kappa shape index (κ3) is 7.52. The van der Waals surface area contributed by atoms with Gasteiger partial charge in [-0.15, -0.1) is 0 Å². The zero-order valence-electron chi connectivity index (χ0n) is 19.6. The van der Waals surface area contributed by atoms with Gasteiger partial charge in [0.2, 0.25) is 5.91 Å². The predicted molar refractivity (Wildman–Crippen MR) is 128 cm³/mol. The van der Waals surface area contributed by atoms with E-state index in [2.05, 4.69) is 35.0 Å². The number of carbonyl (C=O) groups excluding carboxylic acids is 1. The Kier molecular flexibility index (Phi) is 9.66. The van der Waals surface area contributed by atoms with Crippen molar-refractivity contribution in [2.45, 2.75) is 50.6 Å². The van der Waals surface area contributed by atoms with Crippen LogP contribution in [0.1, 0.15) is 54.8 Å². The number of hydrogen-bond donors (Lipinski definition) is 4. The number of benzene rings is 2. The summed E-state index contributed by atoms with van der Waals surface area (Å²) in [5, 5.41) is 18.3. The number of ether oxygens (including phenoxy) is 1. The van der Waals surface area contributed by atoms with Crippen molar-refractivity contribution in [1.29, 1.82) is 0 Å². The summed E-state index contributed by atoms with van der Waals surface area (Å²) in [6, 6.07) is 13.9. The van der Waals surface area contributed by atoms with Gasteiger partial charge in [0.1, 0.15) is 0 Å². The van der Waals surface area contributed by atoms with Gasteiger partial charge >= 0.3 is 0 Å². The first-order valence-electron chi connectivity index (χ1n) is 11.8. The number of aliphatic hydroxyl groups excluding tert-OH is 1. The minimum Gasteiger partial charge on any atom is -0.494 e. The summed E-state index contributed by atoms with van der Waals surface area (Å²) in [5.74, 6) is 0.436. The summed E-state index contributed by atoms with van der Waals surface area (Å²) in [5.41, 5.74) is 3.34. The van der Waals surface area contributed by atoms with Gasteiger partial charge in [0, 0.05) is 31.7 Å². The summed E-state index contributed by atoms with van der Waals surface area (Å²) >= 11 is 0. The number of nitrogens with one attached hydrogen (secondary N) is 3. The standard InChI is InChI=1S/C26H36FN3O3/c1-18(21-8-10-24(27)25(17-21)33-2)30-23-9-7-22(16-23)20-5-3-19(4-6-20)15-26(32)29-12-11-28-13-14-31/h3-6,8,10,17-18,22-23,28,30-31H,7,9,11-16H2,1-2H3,(H,29,32)/t18-,22-,23+/m1/s1. The molecule has 1 amide bonds. The van der Waals surface area contributed by atoms with Crippen molar-refractivity contribution in [2.75, 3.05) is 33.4 Å². The molecular formula is C26H36FN3O3. The average Bonchev–Trinajstić information content (AvgIpc) is 3.28. The zero-order chi connectivity index (χ0) is 23.6. The van der Waals surface area contributed by atoms with E-state index in [1.807, 2.05) is 18.2 Å². The molecule has 2 aromatic carbocycles. The van der Waals surface area contributed by atoms with Gasteiger partial charge in [-0.3, -0.25) is 4.79 Å². The SMILES string of the molecule is COc1cc([C@@H](C)N[C@H]2CC[C@@H](c3ccc(CC(=O)NCCNCCO)cc3)C2)ccc1F. The summed E-state index contributed by atoms with van der Waals surface area (Å²) in [6.07, 6.45) is 3.65. The monoisotopic (exact) mass is 457 g/mol. The molecule has 0 aliphatic heterocycles. The van der Waals surface area contributed by atoms with Gasteiger partial charge in [0.25, 0.3) is 0 Å². The van der Waals surface area contributed by atoms with E-state index < -0.39 is 0 Å². The first-order chi connectivity index (χ1) is 16.0. The molecule has 33 heavy (non-hydrogen) atoms. The molecule has 0 saturated heterocycles. The molecule has 3 atom stereocenters. The summed E-state index contributed by atoms with van der Waals surface area (Å²) in [7, 11) is 1.48. The third-order valence-corrected chi connectivity index (χ3v) is 6.32. The molecule has 1 aliphatic rings. The van der Waals surface area contributed by atoms with Gasteiger partial charge in [-0.2, -0.15) is 0 Å². The molecule has 0 radical (unpaired) electrons. The van der Waals surface area contributed by atoms with Crippen LogP contribution < -0.4 is 20.7 Å². The van der Waals surface area contributed by atoms with Crippen LogP contribution in [-0.2, 0) is 11.2 Å². The van der Waals surface area contributed by atoms with Gasteiger partial charge in [-0.05, 0) is 60.9 Å². The maximum atomic E-state index is 13.7. The molecule has 1 fully saturated rings. The van der Waals surface area contributed by atoms with E-state index in [4.69, 9.17) is 9.84 Å². The average molecular weight is 458 g/mol. The topological polar surface area (TPSA) is 82.6 Å². The van der Waals surface area contributed by atoms with Crippen LogP contribution in [0.4, 0.5) is 4.39 Å².